The van der Waals surface area contributed by atoms with E-state index in [2.05, 4.69) is 15.5 Å². The molecule has 16 heavy (non-hydrogen) atoms. The summed E-state index contributed by atoms with van der Waals surface area (Å²) in [5.74, 6) is -0.165. The number of hydrogen-bond donors (Lipinski definition) is 3. The highest BCUT2D eigenvalue weighted by Crippen LogP contribution is 2.16. The van der Waals surface area contributed by atoms with Crippen LogP contribution in [0.2, 0.25) is 0 Å². The summed E-state index contributed by atoms with van der Waals surface area (Å²) in [6, 6.07) is 5.10. The molecule has 0 bridgehead atoms. The van der Waals surface area contributed by atoms with Gasteiger partial charge in [-0.25, -0.2) is 0 Å². The smallest absolute Gasteiger partial charge is 0.241 e. The highest BCUT2D eigenvalue weighted by molar-refractivity contribution is 5.96. The van der Waals surface area contributed by atoms with Gasteiger partial charge in [-0.1, -0.05) is 6.92 Å². The number of aromatic nitrogens is 2. The fraction of sp³-hybridized carbons (Fsp3) is 0.273. The van der Waals surface area contributed by atoms with Gasteiger partial charge in [-0.3, -0.25) is 9.89 Å². The van der Waals surface area contributed by atoms with Crippen LogP contribution in [-0.4, -0.2) is 22.1 Å². The Morgan fingerprint density at radius 2 is 2.44 bits per heavy atom. The SMILES string of the molecule is CC[C@H](N)C(=O)Nc1ccc2cn[nH]c2c1. The monoisotopic (exact) mass is 218 g/mol. The van der Waals surface area contributed by atoms with Gasteiger partial charge in [0.15, 0.2) is 0 Å². The van der Waals surface area contributed by atoms with Gasteiger partial charge in [0.25, 0.3) is 0 Å². The number of nitrogens with one attached hydrogen (secondary N) is 2. The summed E-state index contributed by atoms with van der Waals surface area (Å²) < 4.78 is 0. The summed E-state index contributed by atoms with van der Waals surface area (Å²) >= 11 is 0. The second-order valence-electron chi connectivity index (χ2n) is 3.68. The summed E-state index contributed by atoms with van der Waals surface area (Å²) in [6.07, 6.45) is 2.36. The minimum Gasteiger partial charge on any atom is -0.325 e. The number of hydrogen-bond acceptors (Lipinski definition) is 3. The third kappa shape index (κ3) is 2.04. The molecule has 0 saturated carbocycles. The van der Waals surface area contributed by atoms with Crippen LogP contribution in [0.4, 0.5) is 5.69 Å². The molecule has 0 fully saturated rings. The molecule has 1 atom stereocenters. The molecule has 4 N–H and O–H groups in total. The van der Waals surface area contributed by atoms with Crippen LogP contribution >= 0.6 is 0 Å². The Kier molecular flexibility index (Phi) is 2.87. The summed E-state index contributed by atoms with van der Waals surface area (Å²) in [6.45, 7) is 1.88. The van der Waals surface area contributed by atoms with Crippen molar-refractivity contribution in [1.82, 2.24) is 10.2 Å². The molecular formula is C11H14N4O. The Labute approximate surface area is 93.0 Å². The van der Waals surface area contributed by atoms with Gasteiger partial charge >= 0.3 is 0 Å². The van der Waals surface area contributed by atoms with Crippen molar-refractivity contribution in [2.75, 3.05) is 5.32 Å². The van der Waals surface area contributed by atoms with Gasteiger partial charge in [-0.05, 0) is 24.6 Å². The van der Waals surface area contributed by atoms with Crippen LogP contribution in [0.5, 0.6) is 0 Å². The Balaban J connectivity index is 2.17. The Hall–Kier alpha value is -1.88. The Morgan fingerprint density at radius 3 is 3.19 bits per heavy atom. The second kappa shape index (κ2) is 4.32. The minimum absolute atomic E-state index is 0.165. The van der Waals surface area contributed by atoms with Crippen molar-refractivity contribution in [3.63, 3.8) is 0 Å². The van der Waals surface area contributed by atoms with Crippen molar-refractivity contribution in [2.24, 2.45) is 5.73 Å². The number of rotatable bonds is 3. The van der Waals surface area contributed by atoms with Gasteiger partial charge < -0.3 is 11.1 Å². The van der Waals surface area contributed by atoms with Crippen molar-refractivity contribution < 1.29 is 4.79 Å². The molecule has 5 heteroatoms. The van der Waals surface area contributed by atoms with E-state index in [9.17, 15) is 4.79 Å². The third-order valence-electron chi connectivity index (χ3n) is 2.49. The van der Waals surface area contributed by atoms with Crippen molar-refractivity contribution in [2.45, 2.75) is 19.4 Å². The van der Waals surface area contributed by atoms with E-state index in [1.807, 2.05) is 25.1 Å². The van der Waals surface area contributed by atoms with Crippen LogP contribution in [0.15, 0.2) is 24.4 Å². The van der Waals surface area contributed by atoms with Crippen molar-refractivity contribution in [1.29, 1.82) is 0 Å². The highest BCUT2D eigenvalue weighted by atomic mass is 16.2. The predicted octanol–water partition coefficient (Wildman–Crippen LogP) is 1.24. The molecular weight excluding hydrogens is 204 g/mol. The lowest BCUT2D eigenvalue weighted by Gasteiger charge is -2.09. The molecule has 2 rings (SSSR count). The number of benzene rings is 1. The first-order chi connectivity index (χ1) is 7.70. The van der Waals surface area contributed by atoms with E-state index >= 15 is 0 Å². The average Bonchev–Trinajstić information content (AvgIpc) is 2.75. The zero-order chi connectivity index (χ0) is 11.5. The third-order valence-corrected chi connectivity index (χ3v) is 2.49. The normalized spacial score (nSPS) is 12.6. The Morgan fingerprint density at radius 1 is 1.62 bits per heavy atom. The lowest BCUT2D eigenvalue weighted by molar-refractivity contribution is -0.117. The van der Waals surface area contributed by atoms with E-state index < -0.39 is 6.04 Å². The molecule has 0 aliphatic carbocycles. The van der Waals surface area contributed by atoms with Crippen LogP contribution in [0.1, 0.15) is 13.3 Å². The fourth-order valence-electron chi connectivity index (χ4n) is 1.44. The number of amides is 1. The van der Waals surface area contributed by atoms with Crippen LogP contribution in [0, 0.1) is 0 Å². The van der Waals surface area contributed by atoms with Crippen molar-refractivity contribution >= 4 is 22.5 Å². The summed E-state index contributed by atoms with van der Waals surface area (Å²) in [4.78, 5) is 11.6. The second-order valence-corrected chi connectivity index (χ2v) is 3.68. The van der Waals surface area contributed by atoms with E-state index in [0.717, 1.165) is 16.6 Å². The molecule has 1 aromatic carbocycles. The number of nitrogens with two attached hydrogens (primary N) is 1. The zero-order valence-electron chi connectivity index (χ0n) is 9.03. The summed E-state index contributed by atoms with van der Waals surface area (Å²) in [7, 11) is 0. The average molecular weight is 218 g/mol. The lowest BCUT2D eigenvalue weighted by Crippen LogP contribution is -2.34. The largest absolute Gasteiger partial charge is 0.325 e. The molecule has 0 aliphatic rings. The number of anilines is 1. The zero-order valence-corrected chi connectivity index (χ0v) is 9.03. The van der Waals surface area contributed by atoms with Crippen LogP contribution in [-0.2, 0) is 4.79 Å². The number of aromatic amines is 1. The van der Waals surface area contributed by atoms with Crippen LogP contribution in [0.25, 0.3) is 10.9 Å². The van der Waals surface area contributed by atoms with Crippen LogP contribution < -0.4 is 11.1 Å². The van der Waals surface area contributed by atoms with E-state index in [0.29, 0.717) is 6.42 Å². The molecule has 5 nitrogen and oxygen atoms in total. The maximum Gasteiger partial charge on any atom is 0.241 e. The molecule has 1 aromatic heterocycles. The van der Waals surface area contributed by atoms with Gasteiger partial charge in [-0.15, -0.1) is 0 Å². The molecule has 2 aromatic rings. The standard InChI is InChI=1S/C11H14N4O/c1-2-9(12)11(16)14-8-4-3-7-6-13-15-10(7)5-8/h3-6,9H,2,12H2,1H3,(H,13,15)(H,14,16)/t9-/m0/s1. The van der Waals surface area contributed by atoms with E-state index in [1.165, 1.54) is 0 Å². The lowest BCUT2D eigenvalue weighted by atomic mass is 10.2. The summed E-state index contributed by atoms with van der Waals surface area (Å²) in [5, 5.41) is 10.5. The number of fused-ring (bicyclic) bond motifs is 1. The predicted molar refractivity (Wildman–Crippen MR) is 63.0 cm³/mol. The minimum atomic E-state index is -0.461. The van der Waals surface area contributed by atoms with Crippen molar-refractivity contribution in [3.05, 3.63) is 24.4 Å². The number of carbonyl (C=O) groups excluding carboxylic acids is 1. The molecule has 0 radical (unpaired) electrons. The first-order valence-electron chi connectivity index (χ1n) is 5.20. The highest BCUT2D eigenvalue weighted by Gasteiger charge is 2.10. The topological polar surface area (TPSA) is 83.8 Å². The van der Waals surface area contributed by atoms with E-state index in [-0.39, 0.29) is 5.91 Å². The van der Waals surface area contributed by atoms with Gasteiger partial charge in [0.1, 0.15) is 0 Å². The first kappa shape index (κ1) is 10.6. The number of nitrogens with zero attached hydrogens (tertiary/aromatic N) is 1. The molecule has 0 spiro atoms. The van der Waals surface area contributed by atoms with Gasteiger partial charge in [-0.2, -0.15) is 5.10 Å². The molecule has 1 amide bonds. The van der Waals surface area contributed by atoms with E-state index in [4.69, 9.17) is 5.73 Å². The van der Waals surface area contributed by atoms with Crippen LogP contribution in [0.3, 0.4) is 0 Å². The fourth-order valence-corrected chi connectivity index (χ4v) is 1.44. The van der Waals surface area contributed by atoms with E-state index in [1.54, 1.807) is 6.20 Å². The maximum absolute atomic E-state index is 11.6. The number of H-pyrrole nitrogens is 1. The molecule has 0 unspecified atom stereocenters. The molecule has 1 heterocycles. The molecule has 0 saturated heterocycles. The Bertz CT molecular complexity index is 505. The maximum atomic E-state index is 11.6. The molecule has 84 valence electrons. The number of carbonyl (C=O) groups is 1. The molecule has 0 aliphatic heterocycles. The van der Waals surface area contributed by atoms with Gasteiger partial charge in [0, 0.05) is 11.1 Å². The van der Waals surface area contributed by atoms with Crippen molar-refractivity contribution in [3.8, 4) is 0 Å². The van der Waals surface area contributed by atoms with Gasteiger partial charge in [0.05, 0.1) is 17.8 Å². The van der Waals surface area contributed by atoms with Gasteiger partial charge in [0.2, 0.25) is 5.91 Å². The summed E-state index contributed by atoms with van der Waals surface area (Å²) in [5.41, 5.74) is 7.24. The first-order valence-corrected chi connectivity index (χ1v) is 5.20. The quantitative estimate of drug-likeness (QED) is 0.724.